The highest BCUT2D eigenvalue weighted by atomic mass is 127. The second-order valence-corrected chi connectivity index (χ2v) is 6.98. The first-order valence-electron chi connectivity index (χ1n) is 7.49. The zero-order chi connectivity index (χ0) is 18.0. The summed E-state index contributed by atoms with van der Waals surface area (Å²) in [6.45, 7) is 4.62. The minimum atomic E-state index is -0.420. The molecule has 0 aliphatic carbocycles. The van der Waals surface area contributed by atoms with Crippen LogP contribution in [0.5, 0.6) is 0 Å². The standard InChI is InChI=1S/C16H15ClIN5O2/c1-9-14(18)10(2)23(21-9)8-13-20-16(25-22-13)15(24)19-7-11-3-5-12(17)6-4-11/h3-6H,7-8H2,1-2H3,(H,19,24). The Morgan fingerprint density at radius 1 is 1.32 bits per heavy atom. The van der Waals surface area contributed by atoms with E-state index < -0.39 is 5.91 Å². The minimum Gasteiger partial charge on any atom is -0.344 e. The van der Waals surface area contributed by atoms with Gasteiger partial charge in [0.15, 0.2) is 5.82 Å². The summed E-state index contributed by atoms with van der Waals surface area (Å²) in [5, 5.41) is 11.7. The molecular weight excluding hydrogens is 457 g/mol. The van der Waals surface area contributed by atoms with Crippen molar-refractivity contribution in [2.75, 3.05) is 0 Å². The van der Waals surface area contributed by atoms with Gasteiger partial charge in [0.1, 0.15) is 6.54 Å². The minimum absolute atomic E-state index is 0.0693. The first-order valence-corrected chi connectivity index (χ1v) is 8.94. The molecule has 1 aromatic carbocycles. The maximum absolute atomic E-state index is 12.1. The maximum atomic E-state index is 12.1. The Morgan fingerprint density at radius 2 is 2.04 bits per heavy atom. The van der Waals surface area contributed by atoms with Crippen LogP contribution in [-0.2, 0) is 13.1 Å². The van der Waals surface area contributed by atoms with Gasteiger partial charge in [-0.25, -0.2) is 0 Å². The molecule has 1 amide bonds. The zero-order valence-corrected chi connectivity index (χ0v) is 16.5. The third kappa shape index (κ3) is 4.18. The van der Waals surface area contributed by atoms with Crippen LogP contribution in [0, 0.1) is 17.4 Å². The molecule has 2 aromatic heterocycles. The van der Waals surface area contributed by atoms with Crippen LogP contribution in [-0.4, -0.2) is 25.8 Å². The lowest BCUT2D eigenvalue weighted by molar-refractivity contribution is 0.0907. The molecule has 0 saturated heterocycles. The molecule has 0 aliphatic rings. The molecule has 0 spiro atoms. The summed E-state index contributed by atoms with van der Waals surface area (Å²) >= 11 is 8.08. The van der Waals surface area contributed by atoms with Crippen molar-refractivity contribution < 1.29 is 9.32 Å². The lowest BCUT2D eigenvalue weighted by Crippen LogP contribution is -2.23. The van der Waals surface area contributed by atoms with Gasteiger partial charge in [-0.2, -0.15) is 10.1 Å². The van der Waals surface area contributed by atoms with Gasteiger partial charge in [-0.3, -0.25) is 9.48 Å². The van der Waals surface area contributed by atoms with Gasteiger partial charge >= 0.3 is 11.8 Å². The van der Waals surface area contributed by atoms with E-state index in [1.165, 1.54) is 0 Å². The van der Waals surface area contributed by atoms with Gasteiger partial charge in [0.2, 0.25) is 0 Å². The van der Waals surface area contributed by atoms with Gasteiger partial charge in [0.25, 0.3) is 0 Å². The average Bonchev–Trinajstić information content (AvgIpc) is 3.16. The van der Waals surface area contributed by atoms with E-state index in [-0.39, 0.29) is 5.89 Å². The number of amides is 1. The summed E-state index contributed by atoms with van der Waals surface area (Å²) in [6.07, 6.45) is 0. The summed E-state index contributed by atoms with van der Waals surface area (Å²) in [5.74, 6) is -0.0875. The fourth-order valence-electron chi connectivity index (χ4n) is 2.23. The number of nitrogens with zero attached hydrogens (tertiary/aromatic N) is 4. The molecule has 3 aromatic rings. The first-order chi connectivity index (χ1) is 11.9. The van der Waals surface area contributed by atoms with Gasteiger partial charge in [-0.1, -0.05) is 28.9 Å². The van der Waals surface area contributed by atoms with E-state index in [0.717, 1.165) is 20.5 Å². The fourth-order valence-corrected chi connectivity index (χ4v) is 2.75. The molecule has 0 unspecified atom stereocenters. The van der Waals surface area contributed by atoms with Crippen molar-refractivity contribution in [1.82, 2.24) is 25.2 Å². The summed E-state index contributed by atoms with van der Waals surface area (Å²) in [5.41, 5.74) is 2.90. The monoisotopic (exact) mass is 471 g/mol. The van der Waals surface area contributed by atoms with Crippen LogP contribution in [0.25, 0.3) is 0 Å². The molecule has 3 rings (SSSR count). The molecular formula is C16H15ClIN5O2. The van der Waals surface area contributed by atoms with Crippen molar-refractivity contribution in [3.63, 3.8) is 0 Å². The van der Waals surface area contributed by atoms with Crippen molar-refractivity contribution in [3.05, 3.63) is 61.5 Å². The van der Waals surface area contributed by atoms with Crippen LogP contribution in [0.2, 0.25) is 5.02 Å². The fraction of sp³-hybridized carbons (Fsp3) is 0.250. The molecule has 1 N–H and O–H groups in total. The summed E-state index contributed by atoms with van der Waals surface area (Å²) in [6, 6.07) is 7.21. The van der Waals surface area contributed by atoms with Gasteiger partial charge < -0.3 is 9.84 Å². The predicted molar refractivity (Wildman–Crippen MR) is 100 cm³/mol. The van der Waals surface area contributed by atoms with Gasteiger partial charge in [0, 0.05) is 17.3 Å². The van der Waals surface area contributed by atoms with Crippen molar-refractivity contribution in [1.29, 1.82) is 0 Å². The molecule has 130 valence electrons. The number of rotatable bonds is 5. The van der Waals surface area contributed by atoms with E-state index in [2.05, 4.69) is 43.1 Å². The van der Waals surface area contributed by atoms with Crippen molar-refractivity contribution in [2.24, 2.45) is 0 Å². The SMILES string of the molecule is Cc1nn(Cc2noc(C(=O)NCc3ccc(Cl)cc3)n2)c(C)c1I. The Balaban J connectivity index is 1.63. The quantitative estimate of drug-likeness (QED) is 0.578. The number of nitrogens with one attached hydrogen (secondary N) is 1. The van der Waals surface area contributed by atoms with Crippen LogP contribution in [0.3, 0.4) is 0 Å². The summed E-state index contributed by atoms with van der Waals surface area (Å²) in [7, 11) is 0. The predicted octanol–water partition coefficient (Wildman–Crippen LogP) is 3.12. The Labute approximate surface area is 162 Å². The highest BCUT2D eigenvalue weighted by molar-refractivity contribution is 14.1. The number of hydrogen-bond acceptors (Lipinski definition) is 5. The van der Waals surface area contributed by atoms with Gasteiger partial charge in [0.05, 0.1) is 9.26 Å². The highest BCUT2D eigenvalue weighted by Crippen LogP contribution is 2.16. The maximum Gasteiger partial charge on any atom is 0.316 e. The third-order valence-electron chi connectivity index (χ3n) is 3.61. The zero-order valence-electron chi connectivity index (χ0n) is 13.6. The third-order valence-corrected chi connectivity index (χ3v) is 5.43. The van der Waals surface area contributed by atoms with Crippen LogP contribution in [0.4, 0.5) is 0 Å². The molecule has 25 heavy (non-hydrogen) atoms. The van der Waals surface area contributed by atoms with E-state index in [4.69, 9.17) is 16.1 Å². The number of carbonyl (C=O) groups is 1. The van der Waals surface area contributed by atoms with Crippen LogP contribution in [0.15, 0.2) is 28.8 Å². The Hall–Kier alpha value is -1.94. The molecule has 9 heteroatoms. The van der Waals surface area contributed by atoms with Crippen LogP contribution in [0.1, 0.15) is 33.5 Å². The van der Waals surface area contributed by atoms with Gasteiger partial charge in [-0.05, 0) is 54.1 Å². The van der Waals surface area contributed by atoms with E-state index >= 15 is 0 Å². The molecule has 0 radical (unpaired) electrons. The number of benzene rings is 1. The topological polar surface area (TPSA) is 85.8 Å². The molecule has 2 heterocycles. The summed E-state index contributed by atoms with van der Waals surface area (Å²) < 4.78 is 7.93. The normalized spacial score (nSPS) is 10.9. The number of halogens is 2. The number of hydrogen-bond donors (Lipinski definition) is 1. The lowest BCUT2D eigenvalue weighted by Gasteiger charge is -2.02. The highest BCUT2D eigenvalue weighted by Gasteiger charge is 2.17. The molecule has 7 nitrogen and oxygen atoms in total. The van der Waals surface area contributed by atoms with E-state index in [0.29, 0.717) is 23.9 Å². The second-order valence-electron chi connectivity index (χ2n) is 5.47. The molecule has 0 bridgehead atoms. The van der Waals surface area contributed by atoms with E-state index in [1.54, 1.807) is 16.8 Å². The van der Waals surface area contributed by atoms with Crippen molar-refractivity contribution in [2.45, 2.75) is 26.9 Å². The first kappa shape index (κ1) is 17.9. The van der Waals surface area contributed by atoms with Crippen LogP contribution < -0.4 is 5.32 Å². The average molecular weight is 472 g/mol. The number of carbonyl (C=O) groups excluding carboxylic acids is 1. The lowest BCUT2D eigenvalue weighted by atomic mass is 10.2. The van der Waals surface area contributed by atoms with E-state index in [1.807, 2.05) is 26.0 Å². The number of aromatic nitrogens is 4. The summed E-state index contributed by atoms with van der Waals surface area (Å²) in [4.78, 5) is 16.3. The Kier molecular flexibility index (Phi) is 5.38. The molecule has 0 saturated carbocycles. The molecule has 0 aliphatic heterocycles. The van der Waals surface area contributed by atoms with Crippen LogP contribution >= 0.6 is 34.2 Å². The second kappa shape index (κ2) is 7.52. The van der Waals surface area contributed by atoms with Gasteiger partial charge in [-0.15, -0.1) is 0 Å². The van der Waals surface area contributed by atoms with Crippen molar-refractivity contribution >= 4 is 40.1 Å². The Bertz CT molecular complexity index is 904. The smallest absolute Gasteiger partial charge is 0.316 e. The number of aryl methyl sites for hydroxylation is 1. The largest absolute Gasteiger partial charge is 0.344 e. The molecule has 0 fully saturated rings. The molecule has 0 atom stereocenters. The Morgan fingerprint density at radius 3 is 2.68 bits per heavy atom. The van der Waals surface area contributed by atoms with E-state index in [9.17, 15) is 4.79 Å². The van der Waals surface area contributed by atoms with Crippen molar-refractivity contribution in [3.8, 4) is 0 Å².